The third-order valence-electron chi connectivity index (χ3n) is 6.19. The van der Waals surface area contributed by atoms with Crippen LogP contribution >= 0.6 is 0 Å². The first-order valence-electron chi connectivity index (χ1n) is 12.4. The van der Waals surface area contributed by atoms with Gasteiger partial charge in [-0.2, -0.15) is 0 Å². The monoisotopic (exact) mass is 456 g/mol. The Hall–Kier alpha value is -1.89. The van der Waals surface area contributed by atoms with Crippen LogP contribution in [-0.4, -0.2) is 63.9 Å². The molecule has 0 aliphatic heterocycles. The second-order valence-corrected chi connectivity index (χ2v) is 8.99. The predicted molar refractivity (Wildman–Crippen MR) is 127 cm³/mol. The van der Waals surface area contributed by atoms with Crippen LogP contribution in [0.2, 0.25) is 0 Å². The minimum atomic E-state index is -0.935. The Labute approximate surface area is 194 Å². The Morgan fingerprint density at radius 3 is 1.16 bits per heavy atom. The Bertz CT molecular complexity index is 489. The second kappa shape index (κ2) is 19.8. The molecular weight excluding hydrogens is 410 g/mol. The molecule has 0 saturated carbocycles. The van der Waals surface area contributed by atoms with Crippen molar-refractivity contribution in [3.05, 3.63) is 12.7 Å². The standard InChI is InChI=1S/C25H45NO6/c1-2-3-4-5-6-7-8-9-10-11-12-13-14-15-19-26(20-16-23(27)28,21-17-24(29)30)22-18-25(31)32/h2H,1,3-22H2,(H2-,27,28,29,30,31,32)/p+1. The molecule has 0 aliphatic rings. The number of unbranched alkanes of at least 4 members (excludes halogenated alkanes) is 12. The Balaban J connectivity index is 4.16. The van der Waals surface area contributed by atoms with E-state index in [4.69, 9.17) is 15.3 Å². The summed E-state index contributed by atoms with van der Waals surface area (Å²) in [4.78, 5) is 33.2. The Kier molecular flexibility index (Phi) is 18.6. The first kappa shape index (κ1) is 30.1. The SMILES string of the molecule is C=CCCCCCCCCCCCCCC[N+](CCC(=O)O)(CCC(=O)O)CCC(=O)O. The average molecular weight is 457 g/mol. The summed E-state index contributed by atoms with van der Waals surface area (Å²) >= 11 is 0. The smallest absolute Gasteiger partial charge is 0.309 e. The first-order chi connectivity index (χ1) is 15.3. The van der Waals surface area contributed by atoms with Gasteiger partial charge in [-0.15, -0.1) is 6.58 Å². The fourth-order valence-electron chi connectivity index (χ4n) is 4.17. The van der Waals surface area contributed by atoms with Gasteiger partial charge in [-0.3, -0.25) is 14.4 Å². The normalized spacial score (nSPS) is 11.4. The molecule has 0 bridgehead atoms. The van der Waals surface area contributed by atoms with Crippen LogP contribution in [0.4, 0.5) is 0 Å². The molecule has 0 atom stereocenters. The zero-order valence-corrected chi connectivity index (χ0v) is 19.9. The topological polar surface area (TPSA) is 112 Å². The van der Waals surface area contributed by atoms with Crippen molar-refractivity contribution in [2.45, 2.75) is 103 Å². The van der Waals surface area contributed by atoms with Gasteiger partial charge in [0, 0.05) is 0 Å². The minimum Gasteiger partial charge on any atom is -0.481 e. The zero-order valence-electron chi connectivity index (χ0n) is 19.9. The molecule has 0 heterocycles. The van der Waals surface area contributed by atoms with E-state index in [1.165, 1.54) is 57.8 Å². The van der Waals surface area contributed by atoms with E-state index in [1.54, 1.807) is 0 Å². The van der Waals surface area contributed by atoms with Gasteiger partial charge in [0.1, 0.15) is 0 Å². The number of nitrogens with zero attached hydrogens (tertiary/aromatic N) is 1. The van der Waals surface area contributed by atoms with Crippen LogP contribution in [0.15, 0.2) is 12.7 Å². The Morgan fingerprint density at radius 2 is 0.844 bits per heavy atom. The summed E-state index contributed by atoms with van der Waals surface area (Å²) in [5.41, 5.74) is 0. The number of hydrogen-bond acceptors (Lipinski definition) is 3. The van der Waals surface area contributed by atoms with E-state index in [0.29, 0.717) is 6.54 Å². The van der Waals surface area contributed by atoms with Crippen LogP contribution in [0.3, 0.4) is 0 Å². The molecule has 7 nitrogen and oxygen atoms in total. The number of hydrogen-bond donors (Lipinski definition) is 3. The molecule has 0 fully saturated rings. The van der Waals surface area contributed by atoms with E-state index in [-0.39, 0.29) is 43.4 Å². The highest BCUT2D eigenvalue weighted by Gasteiger charge is 2.29. The maximum Gasteiger partial charge on any atom is 0.309 e. The lowest BCUT2D eigenvalue weighted by Gasteiger charge is -2.38. The van der Waals surface area contributed by atoms with Crippen LogP contribution < -0.4 is 0 Å². The molecule has 0 spiro atoms. The van der Waals surface area contributed by atoms with E-state index in [2.05, 4.69) is 6.58 Å². The number of carboxylic acid groups (broad SMARTS) is 3. The number of rotatable bonds is 24. The van der Waals surface area contributed by atoms with Gasteiger partial charge in [-0.05, 0) is 25.7 Å². The van der Waals surface area contributed by atoms with Gasteiger partial charge in [0.25, 0.3) is 0 Å². The van der Waals surface area contributed by atoms with Gasteiger partial charge < -0.3 is 19.8 Å². The predicted octanol–water partition coefficient (Wildman–Crippen LogP) is 5.48. The highest BCUT2D eigenvalue weighted by molar-refractivity contribution is 5.67. The summed E-state index contributed by atoms with van der Waals surface area (Å²) in [6, 6.07) is 0. The van der Waals surface area contributed by atoms with Gasteiger partial charge >= 0.3 is 17.9 Å². The third-order valence-corrected chi connectivity index (χ3v) is 6.19. The Morgan fingerprint density at radius 1 is 0.531 bits per heavy atom. The van der Waals surface area contributed by atoms with Crippen molar-refractivity contribution >= 4 is 17.9 Å². The molecule has 186 valence electrons. The second-order valence-electron chi connectivity index (χ2n) is 8.99. The van der Waals surface area contributed by atoms with E-state index in [9.17, 15) is 14.4 Å². The van der Waals surface area contributed by atoms with E-state index in [0.717, 1.165) is 25.7 Å². The molecule has 0 amide bonds. The van der Waals surface area contributed by atoms with Crippen molar-refractivity contribution in [1.82, 2.24) is 0 Å². The fourth-order valence-corrected chi connectivity index (χ4v) is 4.17. The summed E-state index contributed by atoms with van der Waals surface area (Å²) in [6.07, 6.45) is 17.3. The molecule has 0 saturated heterocycles. The highest BCUT2D eigenvalue weighted by atomic mass is 16.4. The first-order valence-corrected chi connectivity index (χ1v) is 12.4. The molecule has 0 radical (unpaired) electrons. The highest BCUT2D eigenvalue weighted by Crippen LogP contribution is 2.17. The molecule has 0 aliphatic carbocycles. The van der Waals surface area contributed by atoms with Gasteiger partial charge in [-0.25, -0.2) is 0 Å². The maximum absolute atomic E-state index is 11.1. The summed E-state index contributed by atoms with van der Waals surface area (Å²) in [5, 5.41) is 27.2. The van der Waals surface area contributed by atoms with Crippen molar-refractivity contribution in [2.24, 2.45) is 0 Å². The van der Waals surface area contributed by atoms with Crippen molar-refractivity contribution in [3.8, 4) is 0 Å². The quantitative estimate of drug-likeness (QED) is 0.101. The lowest BCUT2D eigenvalue weighted by atomic mass is 10.0. The van der Waals surface area contributed by atoms with Crippen molar-refractivity contribution in [1.29, 1.82) is 0 Å². The average Bonchev–Trinajstić information content (AvgIpc) is 2.74. The summed E-state index contributed by atoms with van der Waals surface area (Å²) in [7, 11) is 0. The third kappa shape index (κ3) is 18.8. The van der Waals surface area contributed by atoms with E-state index >= 15 is 0 Å². The number of quaternary nitrogens is 1. The molecule has 0 aromatic carbocycles. The lowest BCUT2D eigenvalue weighted by Crippen LogP contribution is -2.52. The molecule has 0 aromatic heterocycles. The number of carbonyl (C=O) groups is 3. The van der Waals surface area contributed by atoms with Crippen LogP contribution in [0.5, 0.6) is 0 Å². The molecule has 0 aromatic rings. The zero-order chi connectivity index (χ0) is 24.1. The molecule has 3 N–H and O–H groups in total. The molecule has 7 heteroatoms. The van der Waals surface area contributed by atoms with Crippen molar-refractivity contribution < 1.29 is 34.2 Å². The van der Waals surface area contributed by atoms with Gasteiger partial charge in [0.2, 0.25) is 0 Å². The maximum atomic E-state index is 11.1. The molecule has 0 rings (SSSR count). The number of allylic oxidation sites excluding steroid dienone is 1. The van der Waals surface area contributed by atoms with Crippen LogP contribution in [0, 0.1) is 0 Å². The lowest BCUT2D eigenvalue weighted by molar-refractivity contribution is -0.927. The summed E-state index contributed by atoms with van der Waals surface area (Å²) in [5.74, 6) is -2.81. The summed E-state index contributed by atoms with van der Waals surface area (Å²) in [6.45, 7) is 5.23. The minimum absolute atomic E-state index is 0.0759. The van der Waals surface area contributed by atoms with Crippen molar-refractivity contribution in [3.63, 3.8) is 0 Å². The fraction of sp³-hybridized carbons (Fsp3) is 0.800. The van der Waals surface area contributed by atoms with Gasteiger partial charge in [0.05, 0.1) is 45.4 Å². The van der Waals surface area contributed by atoms with Crippen LogP contribution in [0.25, 0.3) is 0 Å². The van der Waals surface area contributed by atoms with E-state index < -0.39 is 17.9 Å². The largest absolute Gasteiger partial charge is 0.481 e. The summed E-state index contributed by atoms with van der Waals surface area (Å²) < 4.78 is 0.262. The van der Waals surface area contributed by atoms with Gasteiger partial charge in [0.15, 0.2) is 0 Å². The molecule has 0 unspecified atom stereocenters. The van der Waals surface area contributed by atoms with Crippen molar-refractivity contribution in [2.75, 3.05) is 26.2 Å². The molecular formula is C25H46NO6+. The molecule has 32 heavy (non-hydrogen) atoms. The van der Waals surface area contributed by atoms with Crippen LogP contribution in [0.1, 0.15) is 103 Å². The number of carboxylic acids is 3. The van der Waals surface area contributed by atoms with E-state index in [1.807, 2.05) is 6.08 Å². The number of aliphatic carboxylic acids is 3. The van der Waals surface area contributed by atoms with Gasteiger partial charge in [-0.1, -0.05) is 63.9 Å². The van der Waals surface area contributed by atoms with Crippen LogP contribution in [-0.2, 0) is 14.4 Å².